The molecule has 0 aliphatic heterocycles. The minimum absolute atomic E-state index is 0.0984. The Morgan fingerprint density at radius 2 is 1.32 bits per heavy atom. The highest BCUT2D eigenvalue weighted by molar-refractivity contribution is 5.77. The van der Waals surface area contributed by atoms with Crippen molar-refractivity contribution in [1.29, 1.82) is 0 Å². The molecule has 0 aliphatic rings. The lowest BCUT2D eigenvalue weighted by Gasteiger charge is -2.09. The van der Waals surface area contributed by atoms with Crippen molar-refractivity contribution in [2.24, 2.45) is 11.5 Å². The molecule has 1 atom stereocenters. The van der Waals surface area contributed by atoms with Crippen molar-refractivity contribution in [2.45, 2.75) is 18.9 Å². The van der Waals surface area contributed by atoms with E-state index in [0.717, 1.165) is 7.11 Å². The number of carbonyl (C=O) groups is 4. The molecule has 0 aromatic carbocycles. The van der Waals surface area contributed by atoms with Crippen molar-refractivity contribution in [3.05, 3.63) is 0 Å². The molecule has 0 saturated carbocycles. The molecule has 0 radical (unpaired) electrons. The number of nitrogens with two attached hydrogens (primary N) is 2. The number of aliphatic hydroxyl groups is 1. The van der Waals surface area contributed by atoms with Gasteiger partial charge in [0.25, 0.3) is 0 Å². The second-order valence-corrected chi connectivity index (χ2v) is 5.83. The summed E-state index contributed by atoms with van der Waals surface area (Å²) in [5.74, 6) is -1.01. The summed E-state index contributed by atoms with van der Waals surface area (Å²) in [7, 11) is 1.00. The summed E-state index contributed by atoms with van der Waals surface area (Å²) in [5.41, 5.74) is 10.3. The topological polar surface area (TPSA) is 202 Å². The Morgan fingerprint density at radius 3 is 1.84 bits per heavy atom. The number of rotatable bonds is 20. The highest BCUT2D eigenvalue weighted by atomic mass is 16.5. The largest absolute Gasteiger partial charge is 0.400 e. The van der Waals surface area contributed by atoms with Gasteiger partial charge in [0.2, 0.25) is 17.7 Å². The van der Waals surface area contributed by atoms with Gasteiger partial charge in [0.15, 0.2) is 0 Å². The number of hydrogen-bond acceptors (Lipinski definition) is 10. The van der Waals surface area contributed by atoms with Crippen LogP contribution < -0.4 is 22.1 Å². The van der Waals surface area contributed by atoms with Crippen molar-refractivity contribution in [3.8, 4) is 0 Å². The van der Waals surface area contributed by atoms with Crippen LogP contribution in [0.3, 0.4) is 0 Å². The van der Waals surface area contributed by atoms with Crippen LogP contribution in [0.1, 0.15) is 12.8 Å². The van der Waals surface area contributed by atoms with Crippen LogP contribution in [0.15, 0.2) is 0 Å². The van der Waals surface area contributed by atoms with Gasteiger partial charge in [-0.05, 0) is 6.42 Å². The number of aldehydes is 1. The first-order chi connectivity index (χ1) is 15.0. The lowest BCUT2D eigenvalue weighted by Crippen LogP contribution is -2.31. The summed E-state index contributed by atoms with van der Waals surface area (Å²) < 4.78 is 20.5. The van der Waals surface area contributed by atoms with Crippen molar-refractivity contribution < 1.29 is 43.2 Å². The summed E-state index contributed by atoms with van der Waals surface area (Å²) in [6, 6.07) is -0.618. The zero-order chi connectivity index (χ0) is 23.7. The van der Waals surface area contributed by atoms with E-state index in [1.807, 2.05) is 0 Å². The van der Waals surface area contributed by atoms with E-state index in [-0.39, 0.29) is 51.3 Å². The molecule has 3 amide bonds. The summed E-state index contributed by atoms with van der Waals surface area (Å²) in [5, 5.41) is 12.3. The molecule has 13 heteroatoms. The van der Waals surface area contributed by atoms with E-state index in [4.69, 9.17) is 35.5 Å². The van der Waals surface area contributed by atoms with Gasteiger partial charge in [-0.1, -0.05) is 0 Å². The van der Waals surface area contributed by atoms with Crippen LogP contribution >= 0.6 is 0 Å². The highest BCUT2D eigenvalue weighted by Crippen LogP contribution is 1.91. The van der Waals surface area contributed by atoms with Crippen LogP contribution in [-0.4, -0.2) is 108 Å². The summed E-state index contributed by atoms with van der Waals surface area (Å²) in [6.07, 6.45) is 1.10. The minimum Gasteiger partial charge on any atom is -0.400 e. The minimum atomic E-state index is -0.618. The average Bonchev–Trinajstić information content (AvgIpc) is 2.76. The third-order valence-corrected chi connectivity index (χ3v) is 3.24. The molecule has 7 N–H and O–H groups in total. The third kappa shape index (κ3) is 25.8. The van der Waals surface area contributed by atoms with Crippen LogP contribution in [0.2, 0.25) is 0 Å². The van der Waals surface area contributed by atoms with Gasteiger partial charge in [-0.25, -0.2) is 0 Å². The first kappa shape index (κ1) is 31.0. The zero-order valence-electron chi connectivity index (χ0n) is 18.0. The number of amides is 3. The molecule has 0 saturated heterocycles. The van der Waals surface area contributed by atoms with E-state index < -0.39 is 11.9 Å². The maximum Gasteiger partial charge on any atom is 0.246 e. The summed E-state index contributed by atoms with van der Waals surface area (Å²) >= 11 is 0. The van der Waals surface area contributed by atoms with Crippen LogP contribution in [0.5, 0.6) is 0 Å². The molecule has 1 unspecified atom stereocenters. The highest BCUT2D eigenvalue weighted by Gasteiger charge is 2.05. The lowest BCUT2D eigenvalue weighted by molar-refractivity contribution is -0.127. The Bertz CT molecular complexity index is 481. The van der Waals surface area contributed by atoms with E-state index in [0.29, 0.717) is 45.6 Å². The lowest BCUT2D eigenvalue weighted by atomic mass is 10.2. The van der Waals surface area contributed by atoms with Crippen LogP contribution in [0, 0.1) is 0 Å². The molecule has 31 heavy (non-hydrogen) atoms. The molecule has 0 fully saturated rings. The van der Waals surface area contributed by atoms with Gasteiger partial charge in [-0.15, -0.1) is 0 Å². The predicted octanol–water partition coefficient (Wildman–Crippen LogP) is -3.31. The van der Waals surface area contributed by atoms with Crippen LogP contribution in [0.4, 0.5) is 0 Å². The van der Waals surface area contributed by atoms with Gasteiger partial charge in [0, 0.05) is 26.6 Å². The Hall–Kier alpha value is -2.16. The molecule has 0 heterocycles. The van der Waals surface area contributed by atoms with Crippen molar-refractivity contribution in [2.75, 3.05) is 73.1 Å². The summed E-state index contributed by atoms with van der Waals surface area (Å²) in [4.78, 5) is 43.7. The van der Waals surface area contributed by atoms with E-state index in [1.54, 1.807) is 0 Å². The quantitative estimate of drug-likeness (QED) is 0.0919. The Kier molecular flexibility index (Phi) is 24.1. The molecular weight excluding hydrogens is 416 g/mol. The number of carbonyl (C=O) groups excluding carboxylic acids is 4. The number of hydrogen-bond donors (Lipinski definition) is 5. The van der Waals surface area contributed by atoms with E-state index in [1.165, 1.54) is 0 Å². The molecule has 182 valence electrons. The standard InChI is InChI=1S/C17H32N4O8.CH4O/c18-14(11-22)1-2-16(24)20-3-5-26-8-10-29-13-17(25)21-4-6-27-7-9-28-12-15(19)23;1-2/h11,14H,1-10,12-13,18H2,(H2,19,23)(H,20,24)(H,21,25);2H,1H3. The molecule has 0 aromatic heterocycles. The fourth-order valence-electron chi connectivity index (χ4n) is 1.81. The molecular formula is C18H36N4O9. The van der Waals surface area contributed by atoms with E-state index in [2.05, 4.69) is 10.6 Å². The van der Waals surface area contributed by atoms with E-state index in [9.17, 15) is 19.2 Å². The Morgan fingerprint density at radius 1 is 0.839 bits per heavy atom. The maximum absolute atomic E-state index is 11.5. The fourth-order valence-corrected chi connectivity index (χ4v) is 1.81. The zero-order valence-corrected chi connectivity index (χ0v) is 18.0. The molecule has 13 nitrogen and oxygen atoms in total. The average molecular weight is 453 g/mol. The SMILES string of the molecule is CO.NC(=O)COCCOCCNC(=O)COCCOCCNC(=O)CCC(N)C=O. The second-order valence-electron chi connectivity index (χ2n) is 5.83. The smallest absolute Gasteiger partial charge is 0.246 e. The molecule has 0 aliphatic carbocycles. The van der Waals surface area contributed by atoms with Crippen LogP contribution in [0.25, 0.3) is 0 Å². The van der Waals surface area contributed by atoms with E-state index >= 15 is 0 Å². The molecule has 0 spiro atoms. The Labute approximate surface area is 182 Å². The van der Waals surface area contributed by atoms with Crippen LogP contribution in [-0.2, 0) is 38.1 Å². The number of nitrogens with one attached hydrogen (secondary N) is 2. The van der Waals surface area contributed by atoms with Crippen molar-refractivity contribution in [1.82, 2.24) is 10.6 Å². The van der Waals surface area contributed by atoms with Gasteiger partial charge in [-0.3, -0.25) is 14.4 Å². The van der Waals surface area contributed by atoms with Gasteiger partial charge in [0.1, 0.15) is 19.5 Å². The van der Waals surface area contributed by atoms with Gasteiger partial charge in [-0.2, -0.15) is 0 Å². The predicted molar refractivity (Wildman–Crippen MR) is 110 cm³/mol. The maximum atomic E-state index is 11.5. The normalized spacial score (nSPS) is 11.1. The molecule has 0 aromatic rings. The number of ether oxygens (including phenoxy) is 4. The van der Waals surface area contributed by atoms with Crippen molar-refractivity contribution >= 4 is 24.0 Å². The molecule has 0 bridgehead atoms. The molecule has 0 rings (SSSR count). The summed E-state index contributed by atoms with van der Waals surface area (Å²) in [6.45, 7) is 2.10. The second kappa shape index (κ2) is 24.1. The Balaban J connectivity index is 0. The van der Waals surface area contributed by atoms with Gasteiger partial charge >= 0.3 is 0 Å². The van der Waals surface area contributed by atoms with Crippen molar-refractivity contribution in [3.63, 3.8) is 0 Å². The third-order valence-electron chi connectivity index (χ3n) is 3.24. The first-order valence-corrected chi connectivity index (χ1v) is 9.74. The van der Waals surface area contributed by atoms with Gasteiger partial charge in [0.05, 0.1) is 45.7 Å². The number of primary amides is 1. The number of aliphatic hydroxyl groups excluding tert-OH is 1. The first-order valence-electron chi connectivity index (χ1n) is 9.74. The fraction of sp³-hybridized carbons (Fsp3) is 0.778. The van der Waals surface area contributed by atoms with Gasteiger partial charge < -0.3 is 50.9 Å². The monoisotopic (exact) mass is 452 g/mol.